The Kier molecular flexibility index (Phi) is 5.82. The fourth-order valence-electron chi connectivity index (χ4n) is 6.14. The van der Waals surface area contributed by atoms with Crippen LogP contribution in [0, 0.1) is 0 Å². The van der Waals surface area contributed by atoms with Crippen LogP contribution >= 0.6 is 0 Å². The number of nitrogens with zero attached hydrogens (tertiary/aromatic N) is 2. The van der Waals surface area contributed by atoms with Crippen molar-refractivity contribution in [2.24, 2.45) is 0 Å². The highest BCUT2D eigenvalue weighted by Gasteiger charge is 2.12. The molecule has 0 spiro atoms. The van der Waals surface area contributed by atoms with Gasteiger partial charge >= 0.3 is 0 Å². The Morgan fingerprint density at radius 2 is 0.857 bits per heavy atom. The highest BCUT2D eigenvalue weighted by Crippen LogP contribution is 2.38. The molecule has 0 atom stereocenters. The predicted molar refractivity (Wildman–Crippen MR) is 176 cm³/mol. The second kappa shape index (κ2) is 10.1. The molecule has 0 aliphatic heterocycles. The highest BCUT2D eigenvalue weighted by molar-refractivity contribution is 6.25. The maximum Gasteiger partial charge on any atom is 0.0702 e. The minimum absolute atomic E-state index is 0.953. The molecule has 0 aliphatic carbocycles. The van der Waals surface area contributed by atoms with Gasteiger partial charge in [-0.05, 0) is 109 Å². The zero-order chi connectivity index (χ0) is 27.9. The van der Waals surface area contributed by atoms with Crippen molar-refractivity contribution in [1.29, 1.82) is 0 Å². The van der Waals surface area contributed by atoms with Gasteiger partial charge in [-0.1, -0.05) is 91.0 Å². The topological polar surface area (TPSA) is 25.8 Å². The van der Waals surface area contributed by atoms with Gasteiger partial charge in [-0.3, -0.25) is 9.97 Å². The average molecular weight is 535 g/mol. The monoisotopic (exact) mass is 534 g/mol. The van der Waals surface area contributed by atoms with Gasteiger partial charge in [0.05, 0.1) is 5.69 Å². The number of rotatable bonds is 4. The SMILES string of the molecule is c1ccc(-c2cc(-c3cccnc3)cc(-c3cccc(-c4ccc5c6ccccc6c6ccccc6c5c4)c3)c2)nc1. The van der Waals surface area contributed by atoms with Crippen LogP contribution in [0.25, 0.3) is 77.0 Å². The summed E-state index contributed by atoms with van der Waals surface area (Å²) in [5.41, 5.74) is 8.96. The summed E-state index contributed by atoms with van der Waals surface area (Å²) in [4.78, 5) is 9.01. The van der Waals surface area contributed by atoms with E-state index >= 15 is 0 Å². The Morgan fingerprint density at radius 1 is 0.310 bits per heavy atom. The minimum atomic E-state index is 0.953. The van der Waals surface area contributed by atoms with Gasteiger partial charge in [0.1, 0.15) is 0 Å². The lowest BCUT2D eigenvalue weighted by Crippen LogP contribution is -1.89. The summed E-state index contributed by atoms with van der Waals surface area (Å²) in [7, 11) is 0. The molecule has 8 aromatic rings. The third-order valence-corrected chi connectivity index (χ3v) is 8.16. The summed E-state index contributed by atoms with van der Waals surface area (Å²) in [6.45, 7) is 0. The van der Waals surface area contributed by atoms with Crippen LogP contribution in [0.15, 0.2) is 158 Å². The molecule has 0 saturated heterocycles. The molecule has 0 bridgehead atoms. The van der Waals surface area contributed by atoms with Gasteiger partial charge in [-0.15, -0.1) is 0 Å². The molecule has 8 rings (SSSR count). The van der Waals surface area contributed by atoms with Crippen molar-refractivity contribution in [1.82, 2.24) is 9.97 Å². The van der Waals surface area contributed by atoms with Crippen LogP contribution in [0.2, 0.25) is 0 Å². The van der Waals surface area contributed by atoms with Crippen molar-refractivity contribution in [2.45, 2.75) is 0 Å². The molecule has 0 radical (unpaired) electrons. The molecule has 0 fully saturated rings. The van der Waals surface area contributed by atoms with Crippen molar-refractivity contribution in [3.63, 3.8) is 0 Å². The molecule has 0 N–H and O–H groups in total. The molecule has 42 heavy (non-hydrogen) atoms. The molecule has 2 aromatic heterocycles. The van der Waals surface area contributed by atoms with Gasteiger partial charge in [0.2, 0.25) is 0 Å². The summed E-state index contributed by atoms with van der Waals surface area (Å²) in [6, 6.07) is 50.1. The van der Waals surface area contributed by atoms with Gasteiger partial charge in [0.25, 0.3) is 0 Å². The molecule has 0 aliphatic rings. The molecule has 2 nitrogen and oxygen atoms in total. The van der Waals surface area contributed by atoms with E-state index in [0.29, 0.717) is 0 Å². The standard InChI is InChI=1S/C40H26N2/c1-2-14-36-34(12-1)35-13-3-4-15-37(35)39-25-29(17-18-38(36)39)27-9-7-10-28(21-27)31-22-32(30-11-8-19-41-26-30)24-33(23-31)40-16-5-6-20-42-40/h1-26H. The summed E-state index contributed by atoms with van der Waals surface area (Å²) >= 11 is 0. The van der Waals surface area contributed by atoms with Crippen molar-refractivity contribution < 1.29 is 0 Å². The molecule has 196 valence electrons. The van der Waals surface area contributed by atoms with Gasteiger partial charge < -0.3 is 0 Å². The number of benzene rings is 6. The van der Waals surface area contributed by atoms with E-state index in [-0.39, 0.29) is 0 Å². The first-order chi connectivity index (χ1) is 20.8. The van der Waals surface area contributed by atoms with Crippen LogP contribution in [-0.2, 0) is 0 Å². The maximum absolute atomic E-state index is 4.64. The first-order valence-electron chi connectivity index (χ1n) is 14.2. The van der Waals surface area contributed by atoms with Gasteiger partial charge in [0, 0.05) is 29.7 Å². The summed E-state index contributed by atoms with van der Waals surface area (Å²) < 4.78 is 0. The number of pyridine rings is 2. The molecule has 6 aromatic carbocycles. The van der Waals surface area contributed by atoms with E-state index in [2.05, 4.69) is 131 Å². The van der Waals surface area contributed by atoms with Gasteiger partial charge in [-0.2, -0.15) is 0 Å². The second-order valence-electron chi connectivity index (χ2n) is 10.7. The normalized spacial score (nSPS) is 11.3. The Hall–Kier alpha value is -5.60. The fraction of sp³-hybridized carbons (Fsp3) is 0. The van der Waals surface area contributed by atoms with E-state index in [9.17, 15) is 0 Å². The largest absolute Gasteiger partial charge is 0.264 e. The Bertz CT molecular complexity index is 2140. The first-order valence-corrected chi connectivity index (χ1v) is 14.2. The van der Waals surface area contributed by atoms with Crippen LogP contribution in [0.4, 0.5) is 0 Å². The quantitative estimate of drug-likeness (QED) is 0.210. The van der Waals surface area contributed by atoms with Crippen molar-refractivity contribution in [3.8, 4) is 44.6 Å². The maximum atomic E-state index is 4.64. The third kappa shape index (κ3) is 4.22. The molecule has 2 heterocycles. The molecule has 0 amide bonds. The fourth-order valence-corrected chi connectivity index (χ4v) is 6.14. The van der Waals surface area contributed by atoms with Gasteiger partial charge in [0.15, 0.2) is 0 Å². The second-order valence-corrected chi connectivity index (χ2v) is 10.7. The summed E-state index contributed by atoms with van der Waals surface area (Å²) in [5, 5.41) is 7.74. The zero-order valence-corrected chi connectivity index (χ0v) is 22.9. The van der Waals surface area contributed by atoms with E-state index in [0.717, 1.165) is 27.9 Å². The van der Waals surface area contributed by atoms with Crippen LogP contribution in [0.5, 0.6) is 0 Å². The van der Waals surface area contributed by atoms with E-state index < -0.39 is 0 Å². The van der Waals surface area contributed by atoms with Crippen LogP contribution in [-0.4, -0.2) is 9.97 Å². The summed E-state index contributed by atoms with van der Waals surface area (Å²) in [6.07, 6.45) is 5.58. The zero-order valence-electron chi connectivity index (χ0n) is 22.9. The van der Waals surface area contributed by atoms with E-state index in [1.807, 2.05) is 36.8 Å². The highest BCUT2D eigenvalue weighted by atomic mass is 14.7. The summed E-state index contributed by atoms with van der Waals surface area (Å²) in [5.74, 6) is 0. The minimum Gasteiger partial charge on any atom is -0.264 e. The molecular weight excluding hydrogens is 508 g/mol. The van der Waals surface area contributed by atoms with E-state index in [1.165, 1.54) is 49.0 Å². The number of fused-ring (bicyclic) bond motifs is 6. The number of aromatic nitrogens is 2. The van der Waals surface area contributed by atoms with Crippen molar-refractivity contribution in [3.05, 3.63) is 158 Å². The molecular formula is C40H26N2. The predicted octanol–water partition coefficient (Wildman–Crippen LogP) is 10.6. The van der Waals surface area contributed by atoms with Crippen LogP contribution < -0.4 is 0 Å². The lowest BCUT2D eigenvalue weighted by atomic mass is 9.91. The Balaban J connectivity index is 1.29. The Morgan fingerprint density at radius 3 is 1.52 bits per heavy atom. The van der Waals surface area contributed by atoms with E-state index in [4.69, 9.17) is 0 Å². The molecule has 0 unspecified atom stereocenters. The third-order valence-electron chi connectivity index (χ3n) is 8.16. The van der Waals surface area contributed by atoms with Crippen LogP contribution in [0.3, 0.4) is 0 Å². The van der Waals surface area contributed by atoms with E-state index in [1.54, 1.807) is 0 Å². The van der Waals surface area contributed by atoms with Crippen molar-refractivity contribution in [2.75, 3.05) is 0 Å². The Labute approximate surface area is 244 Å². The van der Waals surface area contributed by atoms with Crippen molar-refractivity contribution >= 4 is 32.3 Å². The molecule has 2 heteroatoms. The smallest absolute Gasteiger partial charge is 0.0702 e. The number of hydrogen-bond donors (Lipinski definition) is 0. The number of hydrogen-bond acceptors (Lipinski definition) is 2. The lowest BCUT2D eigenvalue weighted by molar-refractivity contribution is 1.32. The van der Waals surface area contributed by atoms with Crippen LogP contribution in [0.1, 0.15) is 0 Å². The van der Waals surface area contributed by atoms with Gasteiger partial charge in [-0.25, -0.2) is 0 Å². The lowest BCUT2D eigenvalue weighted by Gasteiger charge is -2.13. The molecule has 0 saturated carbocycles. The first kappa shape index (κ1) is 24.2. The average Bonchev–Trinajstić information content (AvgIpc) is 3.09.